The Bertz CT molecular complexity index is 707. The van der Waals surface area contributed by atoms with Crippen LogP contribution in [-0.2, 0) is 0 Å². The summed E-state index contributed by atoms with van der Waals surface area (Å²) in [5.74, 6) is 1.16. The minimum atomic E-state index is 0.125. The number of aliphatic imine (C=N–C) groups is 1. The van der Waals surface area contributed by atoms with Crippen LogP contribution in [0.25, 0.3) is 0 Å². The van der Waals surface area contributed by atoms with Gasteiger partial charge in [-0.05, 0) is 37.5 Å². The van der Waals surface area contributed by atoms with Crippen molar-refractivity contribution in [3.05, 3.63) is 65.7 Å². The molecule has 0 atom stereocenters. The summed E-state index contributed by atoms with van der Waals surface area (Å²) in [6.07, 6.45) is 3.22. The fraction of sp³-hybridized carbons (Fsp3) is 0.300. The number of ketones is 1. The fourth-order valence-corrected chi connectivity index (χ4v) is 2.89. The third-order valence-electron chi connectivity index (χ3n) is 4.13. The number of hydrogen-bond acceptors (Lipinski definition) is 3. The number of hydrogen-bond donors (Lipinski definition) is 0. The van der Waals surface area contributed by atoms with Crippen molar-refractivity contribution >= 4 is 17.3 Å². The largest absolute Gasteiger partial charge is 0.322 e. The Balaban J connectivity index is 1.89. The SMILES string of the molecule is Cc1cccc(N(CC(=O)c2ccccc2)C2=NCCCC2)c1. The Morgan fingerprint density at radius 3 is 2.61 bits per heavy atom. The van der Waals surface area contributed by atoms with Gasteiger partial charge in [0, 0.05) is 24.2 Å². The van der Waals surface area contributed by atoms with Gasteiger partial charge in [-0.3, -0.25) is 9.79 Å². The number of aryl methyl sites for hydroxylation is 1. The van der Waals surface area contributed by atoms with Crippen LogP contribution in [0.3, 0.4) is 0 Å². The zero-order valence-corrected chi connectivity index (χ0v) is 13.5. The predicted octanol–water partition coefficient (Wildman–Crippen LogP) is 4.27. The van der Waals surface area contributed by atoms with E-state index in [0.717, 1.165) is 42.9 Å². The van der Waals surface area contributed by atoms with E-state index in [1.165, 1.54) is 5.56 Å². The van der Waals surface area contributed by atoms with E-state index in [1.54, 1.807) is 0 Å². The average Bonchev–Trinajstić information content (AvgIpc) is 2.61. The van der Waals surface area contributed by atoms with Gasteiger partial charge in [0.05, 0.1) is 6.54 Å². The number of rotatable bonds is 4. The molecule has 0 unspecified atom stereocenters. The summed E-state index contributed by atoms with van der Waals surface area (Å²) in [6, 6.07) is 17.8. The van der Waals surface area contributed by atoms with Crippen LogP contribution in [0.5, 0.6) is 0 Å². The van der Waals surface area contributed by atoms with Gasteiger partial charge in [-0.1, -0.05) is 42.5 Å². The minimum absolute atomic E-state index is 0.125. The van der Waals surface area contributed by atoms with Gasteiger partial charge in [-0.15, -0.1) is 0 Å². The van der Waals surface area contributed by atoms with Crippen molar-refractivity contribution in [2.75, 3.05) is 18.0 Å². The number of Topliss-reactive ketones (excluding diaryl/α,β-unsaturated/α-hetero) is 1. The number of carbonyl (C=O) groups excluding carboxylic acids is 1. The van der Waals surface area contributed by atoms with Crippen molar-refractivity contribution in [1.29, 1.82) is 0 Å². The molecule has 3 heteroatoms. The van der Waals surface area contributed by atoms with Crippen LogP contribution in [0.2, 0.25) is 0 Å². The number of nitrogens with zero attached hydrogens (tertiary/aromatic N) is 2. The van der Waals surface area contributed by atoms with Crippen molar-refractivity contribution in [3.8, 4) is 0 Å². The van der Waals surface area contributed by atoms with Crippen LogP contribution in [-0.4, -0.2) is 24.7 Å². The normalized spacial score (nSPS) is 14.2. The molecule has 0 amide bonds. The Kier molecular flexibility index (Phi) is 4.86. The summed E-state index contributed by atoms with van der Waals surface area (Å²) >= 11 is 0. The third-order valence-corrected chi connectivity index (χ3v) is 4.13. The Labute approximate surface area is 137 Å². The lowest BCUT2D eigenvalue weighted by Gasteiger charge is -2.28. The van der Waals surface area contributed by atoms with Gasteiger partial charge < -0.3 is 4.90 Å². The van der Waals surface area contributed by atoms with E-state index in [9.17, 15) is 4.79 Å². The van der Waals surface area contributed by atoms with Crippen LogP contribution in [0, 0.1) is 6.92 Å². The number of amidine groups is 1. The molecule has 0 radical (unpaired) electrons. The third kappa shape index (κ3) is 3.86. The van der Waals surface area contributed by atoms with Gasteiger partial charge in [0.15, 0.2) is 5.78 Å². The Morgan fingerprint density at radius 2 is 1.91 bits per heavy atom. The molecular weight excluding hydrogens is 284 g/mol. The lowest BCUT2D eigenvalue weighted by Crippen LogP contribution is -2.37. The predicted molar refractivity (Wildman–Crippen MR) is 95.5 cm³/mol. The second-order valence-corrected chi connectivity index (χ2v) is 5.97. The van der Waals surface area contributed by atoms with E-state index in [-0.39, 0.29) is 5.78 Å². The van der Waals surface area contributed by atoms with Gasteiger partial charge >= 0.3 is 0 Å². The van der Waals surface area contributed by atoms with Crippen molar-refractivity contribution in [2.45, 2.75) is 26.2 Å². The first kappa shape index (κ1) is 15.5. The molecule has 1 heterocycles. The standard InChI is InChI=1S/C20H22N2O/c1-16-8-7-11-18(14-16)22(20-12-5-6-13-21-20)15-19(23)17-9-3-2-4-10-17/h2-4,7-11,14H,5-6,12-13,15H2,1H3. The zero-order valence-electron chi connectivity index (χ0n) is 13.5. The molecule has 0 N–H and O–H groups in total. The molecule has 3 rings (SSSR count). The van der Waals surface area contributed by atoms with E-state index in [1.807, 2.05) is 36.4 Å². The molecule has 0 spiro atoms. The fourth-order valence-electron chi connectivity index (χ4n) is 2.89. The number of carbonyl (C=O) groups is 1. The smallest absolute Gasteiger partial charge is 0.182 e. The second kappa shape index (κ2) is 7.23. The molecule has 0 bridgehead atoms. The van der Waals surface area contributed by atoms with Crippen LogP contribution < -0.4 is 4.90 Å². The highest BCUT2D eigenvalue weighted by molar-refractivity contribution is 6.07. The highest BCUT2D eigenvalue weighted by Gasteiger charge is 2.19. The van der Waals surface area contributed by atoms with Crippen LogP contribution in [0.15, 0.2) is 59.6 Å². The molecule has 0 saturated heterocycles. The van der Waals surface area contributed by atoms with Gasteiger partial charge in [0.25, 0.3) is 0 Å². The lowest BCUT2D eigenvalue weighted by molar-refractivity contribution is 0.100. The van der Waals surface area contributed by atoms with E-state index < -0.39 is 0 Å². The van der Waals surface area contributed by atoms with Gasteiger partial charge in [0.2, 0.25) is 0 Å². The van der Waals surface area contributed by atoms with E-state index >= 15 is 0 Å². The minimum Gasteiger partial charge on any atom is -0.322 e. The maximum absolute atomic E-state index is 12.7. The number of benzene rings is 2. The van der Waals surface area contributed by atoms with E-state index in [2.05, 4.69) is 35.0 Å². The average molecular weight is 306 g/mol. The van der Waals surface area contributed by atoms with E-state index in [4.69, 9.17) is 0 Å². The van der Waals surface area contributed by atoms with Crippen molar-refractivity contribution < 1.29 is 4.79 Å². The Morgan fingerprint density at radius 1 is 1.09 bits per heavy atom. The van der Waals surface area contributed by atoms with Crippen LogP contribution in [0.4, 0.5) is 5.69 Å². The van der Waals surface area contributed by atoms with E-state index in [0.29, 0.717) is 6.54 Å². The molecule has 1 aliphatic rings. The maximum atomic E-state index is 12.7. The molecule has 2 aromatic rings. The van der Waals surface area contributed by atoms with Gasteiger partial charge in [0.1, 0.15) is 5.84 Å². The quantitative estimate of drug-likeness (QED) is 0.790. The summed E-state index contributed by atoms with van der Waals surface area (Å²) in [5, 5.41) is 0. The Hall–Kier alpha value is -2.42. The summed E-state index contributed by atoms with van der Waals surface area (Å²) in [6.45, 7) is 3.27. The monoisotopic (exact) mass is 306 g/mol. The van der Waals surface area contributed by atoms with Gasteiger partial charge in [-0.25, -0.2) is 0 Å². The molecule has 118 valence electrons. The molecule has 0 aromatic heterocycles. The molecule has 0 saturated carbocycles. The highest BCUT2D eigenvalue weighted by Crippen LogP contribution is 2.21. The topological polar surface area (TPSA) is 32.7 Å². The molecule has 23 heavy (non-hydrogen) atoms. The highest BCUT2D eigenvalue weighted by atomic mass is 16.1. The molecule has 0 fully saturated rings. The summed E-state index contributed by atoms with van der Waals surface area (Å²) in [7, 11) is 0. The molecule has 2 aromatic carbocycles. The number of anilines is 1. The van der Waals surface area contributed by atoms with Crippen molar-refractivity contribution in [3.63, 3.8) is 0 Å². The van der Waals surface area contributed by atoms with Gasteiger partial charge in [-0.2, -0.15) is 0 Å². The molecular formula is C20H22N2O. The first-order chi connectivity index (χ1) is 11.2. The van der Waals surface area contributed by atoms with Crippen molar-refractivity contribution in [1.82, 2.24) is 0 Å². The lowest BCUT2D eigenvalue weighted by atomic mass is 10.1. The first-order valence-corrected chi connectivity index (χ1v) is 8.20. The molecule has 0 aliphatic carbocycles. The summed E-state index contributed by atoms with van der Waals surface area (Å²) < 4.78 is 0. The zero-order chi connectivity index (χ0) is 16.1. The summed E-state index contributed by atoms with van der Waals surface area (Å²) in [5.41, 5.74) is 2.99. The van der Waals surface area contributed by atoms with Crippen molar-refractivity contribution in [2.24, 2.45) is 4.99 Å². The molecule has 3 nitrogen and oxygen atoms in total. The van der Waals surface area contributed by atoms with Crippen LogP contribution >= 0.6 is 0 Å². The summed E-state index contributed by atoms with van der Waals surface area (Å²) in [4.78, 5) is 19.4. The van der Waals surface area contributed by atoms with Crippen LogP contribution in [0.1, 0.15) is 35.2 Å². The second-order valence-electron chi connectivity index (χ2n) is 5.97. The first-order valence-electron chi connectivity index (χ1n) is 8.20. The molecule has 1 aliphatic heterocycles. The maximum Gasteiger partial charge on any atom is 0.182 e.